The molecule has 286 valence electrons. The minimum atomic E-state index is -2.04. The summed E-state index contributed by atoms with van der Waals surface area (Å²) in [5, 5.41) is 13.2. The van der Waals surface area contributed by atoms with Gasteiger partial charge in [-0.15, -0.1) is 0 Å². The quantitative estimate of drug-likeness (QED) is 0.120. The zero-order valence-electron chi connectivity index (χ0n) is 34.3. The summed E-state index contributed by atoms with van der Waals surface area (Å²) in [6.45, 7) is 5.08. The van der Waals surface area contributed by atoms with Gasteiger partial charge in [0.25, 0.3) is 0 Å². The van der Waals surface area contributed by atoms with Gasteiger partial charge in [-0.05, 0) is 151 Å². The van der Waals surface area contributed by atoms with E-state index in [9.17, 15) is 0 Å². The van der Waals surface area contributed by atoms with Crippen molar-refractivity contribution < 1.29 is 0 Å². The Bertz CT molecular complexity index is 3470. The average Bonchev–Trinajstić information content (AvgIpc) is 3.54. The molecule has 0 nitrogen and oxygen atoms in total. The van der Waals surface area contributed by atoms with Gasteiger partial charge < -0.3 is 0 Å². The fourth-order valence-electron chi connectivity index (χ4n) is 10.5. The lowest BCUT2D eigenvalue weighted by Gasteiger charge is -2.24. The van der Waals surface area contributed by atoms with Crippen LogP contribution in [0.15, 0.2) is 218 Å². The Balaban J connectivity index is 1.28. The summed E-state index contributed by atoms with van der Waals surface area (Å²) >= 11 is 0. The smallest absolute Gasteiger partial charge is 0.0623 e. The lowest BCUT2D eigenvalue weighted by molar-refractivity contribution is 1.58. The molecule has 0 saturated heterocycles. The summed E-state index contributed by atoms with van der Waals surface area (Å²) in [5.41, 5.74) is 15.2. The molecule has 1 aliphatic heterocycles. The van der Waals surface area contributed by atoms with Gasteiger partial charge in [-0.1, -0.05) is 201 Å². The molecule has 61 heavy (non-hydrogen) atoms. The van der Waals surface area contributed by atoms with Gasteiger partial charge >= 0.3 is 0 Å². The highest BCUT2D eigenvalue weighted by molar-refractivity contribution is 7.04. The molecule has 0 amide bonds. The van der Waals surface area contributed by atoms with E-state index < -0.39 is 8.07 Å². The van der Waals surface area contributed by atoms with E-state index in [0.717, 1.165) is 0 Å². The Morgan fingerprint density at radius 2 is 0.754 bits per heavy atom. The maximum Gasteiger partial charge on any atom is 0.113 e. The van der Waals surface area contributed by atoms with Gasteiger partial charge in [-0.25, -0.2) is 0 Å². The molecule has 0 bridgehead atoms. The van der Waals surface area contributed by atoms with Crippen molar-refractivity contribution in [3.05, 3.63) is 218 Å². The van der Waals surface area contributed by atoms with Crippen LogP contribution in [0.25, 0.3) is 110 Å². The van der Waals surface area contributed by atoms with Crippen LogP contribution < -0.4 is 10.4 Å². The number of benzene rings is 11. The molecule has 0 unspecified atom stereocenters. The number of hydrogen-bond acceptors (Lipinski definition) is 0. The predicted octanol–water partition coefficient (Wildman–Crippen LogP) is 15.4. The van der Waals surface area contributed by atoms with Crippen molar-refractivity contribution in [2.24, 2.45) is 0 Å². The van der Waals surface area contributed by atoms with Crippen LogP contribution in [0.1, 0.15) is 0 Å². The molecule has 0 aromatic heterocycles. The van der Waals surface area contributed by atoms with Crippen LogP contribution in [0.5, 0.6) is 0 Å². The summed E-state index contributed by atoms with van der Waals surface area (Å²) < 4.78 is 0. The maximum absolute atomic E-state index is 2.63. The predicted molar refractivity (Wildman–Crippen MR) is 266 cm³/mol. The van der Waals surface area contributed by atoms with Crippen LogP contribution in [-0.2, 0) is 0 Å². The van der Waals surface area contributed by atoms with Gasteiger partial charge in [0, 0.05) is 0 Å². The van der Waals surface area contributed by atoms with Crippen LogP contribution in [0.3, 0.4) is 0 Å². The first-order valence-corrected chi connectivity index (χ1v) is 24.4. The molecule has 11 aromatic carbocycles. The first kappa shape index (κ1) is 35.6. The highest BCUT2D eigenvalue weighted by Gasteiger charge is 2.38. The maximum atomic E-state index is 2.63. The topological polar surface area (TPSA) is 0 Å². The second-order valence-electron chi connectivity index (χ2n) is 17.2. The van der Waals surface area contributed by atoms with Crippen molar-refractivity contribution in [2.75, 3.05) is 0 Å². The van der Waals surface area contributed by atoms with E-state index in [1.54, 1.807) is 0 Å². The van der Waals surface area contributed by atoms with E-state index in [-0.39, 0.29) is 0 Å². The molecule has 0 N–H and O–H groups in total. The largest absolute Gasteiger partial charge is 0.113 e. The number of rotatable bonds is 5. The molecule has 1 heterocycles. The molecule has 12 rings (SSSR count). The number of fused-ring (bicyclic) bond motifs is 7. The van der Waals surface area contributed by atoms with Crippen molar-refractivity contribution in [1.82, 2.24) is 0 Å². The third-order valence-corrected chi connectivity index (χ3v) is 17.0. The Morgan fingerprint density at radius 1 is 0.246 bits per heavy atom. The van der Waals surface area contributed by atoms with Gasteiger partial charge in [0.15, 0.2) is 0 Å². The fraction of sp³-hybridized carbons (Fsp3) is 0.0333. The summed E-state index contributed by atoms with van der Waals surface area (Å²) in [4.78, 5) is 0. The molecule has 0 fully saturated rings. The lowest BCUT2D eigenvalue weighted by Crippen LogP contribution is -2.49. The first-order chi connectivity index (χ1) is 30.0. The molecule has 0 saturated carbocycles. The second-order valence-corrected chi connectivity index (χ2v) is 21.5. The zero-order chi connectivity index (χ0) is 40.7. The Labute approximate surface area is 358 Å². The molecule has 11 aromatic rings. The van der Waals surface area contributed by atoms with Crippen molar-refractivity contribution in [1.29, 1.82) is 0 Å². The van der Waals surface area contributed by atoms with E-state index in [4.69, 9.17) is 0 Å². The van der Waals surface area contributed by atoms with Gasteiger partial charge in [0.2, 0.25) is 0 Å². The molecule has 0 radical (unpaired) electrons. The first-order valence-electron chi connectivity index (χ1n) is 21.4. The van der Waals surface area contributed by atoms with E-state index >= 15 is 0 Å². The molecule has 1 heteroatoms. The van der Waals surface area contributed by atoms with Crippen molar-refractivity contribution in [3.63, 3.8) is 0 Å². The van der Waals surface area contributed by atoms with Crippen molar-refractivity contribution in [3.8, 4) is 66.8 Å². The average molecular weight is 791 g/mol. The highest BCUT2D eigenvalue weighted by atomic mass is 28.3. The SMILES string of the molecule is C[Si]1(C)c2ccccc2-c2cc3c(-c4cc(-c5ccccc5)cc(-c5ccccc5)c4)c4ccc(-c5cccc6ccccc56)cc4c(-c4cccc5ccccc45)c3cc21. The molecular formula is C60H42Si. The monoisotopic (exact) mass is 790 g/mol. The summed E-state index contributed by atoms with van der Waals surface area (Å²) in [7, 11) is -2.04. The highest BCUT2D eigenvalue weighted by Crippen LogP contribution is 2.49. The van der Waals surface area contributed by atoms with Crippen LogP contribution >= 0.6 is 0 Å². The van der Waals surface area contributed by atoms with Crippen LogP contribution in [0.2, 0.25) is 13.1 Å². The van der Waals surface area contributed by atoms with Crippen molar-refractivity contribution >= 4 is 61.5 Å². The van der Waals surface area contributed by atoms with Crippen molar-refractivity contribution in [2.45, 2.75) is 13.1 Å². The normalized spacial score (nSPS) is 12.9. The molecule has 0 atom stereocenters. The third kappa shape index (κ3) is 5.65. The Kier molecular flexibility index (Phi) is 8.10. The Hall–Kier alpha value is -7.32. The standard InChI is InChI=1S/C60H42Si/c1-61(2)57-30-14-13-27-50(57)53-37-55-56(38-58(53)61)60(51-29-16-24-42-22-10-12-26-48(42)51)54-36-43(49-28-15-23-41-21-9-11-25-47(41)49)31-32-52(54)59(55)46-34-44(39-17-5-3-6-18-39)33-45(35-46)40-19-7-4-8-20-40/h3-38H,1-2H3. The Morgan fingerprint density at radius 3 is 1.44 bits per heavy atom. The van der Waals surface area contributed by atoms with Gasteiger partial charge in [-0.2, -0.15) is 0 Å². The van der Waals surface area contributed by atoms with Crippen LogP contribution in [0.4, 0.5) is 0 Å². The minimum absolute atomic E-state index is 1.21. The van der Waals surface area contributed by atoms with Gasteiger partial charge in [-0.3, -0.25) is 0 Å². The minimum Gasteiger partial charge on any atom is -0.0623 e. The summed E-state index contributed by atoms with van der Waals surface area (Å²) in [5.74, 6) is 0. The van der Waals surface area contributed by atoms with Gasteiger partial charge in [0.05, 0.1) is 0 Å². The second kappa shape index (κ2) is 13.9. The van der Waals surface area contributed by atoms with Gasteiger partial charge in [0.1, 0.15) is 8.07 Å². The molecule has 0 aliphatic carbocycles. The third-order valence-electron chi connectivity index (χ3n) is 13.4. The zero-order valence-corrected chi connectivity index (χ0v) is 35.3. The summed E-state index contributed by atoms with van der Waals surface area (Å²) in [6, 6.07) is 81.9. The van der Waals surface area contributed by atoms with E-state index in [2.05, 4.69) is 231 Å². The van der Waals surface area contributed by atoms with E-state index in [1.807, 2.05) is 0 Å². The fourth-order valence-corrected chi connectivity index (χ4v) is 13.6. The molecular weight excluding hydrogens is 749 g/mol. The van der Waals surface area contributed by atoms with E-state index in [1.165, 1.54) is 120 Å². The van der Waals surface area contributed by atoms with Crippen LogP contribution in [0, 0.1) is 0 Å². The molecule has 0 spiro atoms. The molecule has 1 aliphatic rings. The summed E-state index contributed by atoms with van der Waals surface area (Å²) in [6.07, 6.45) is 0. The number of hydrogen-bond donors (Lipinski definition) is 0. The van der Waals surface area contributed by atoms with Crippen LogP contribution in [-0.4, -0.2) is 8.07 Å². The van der Waals surface area contributed by atoms with E-state index in [0.29, 0.717) is 0 Å². The lowest BCUT2D eigenvalue weighted by atomic mass is 9.81.